The highest BCUT2D eigenvalue weighted by Gasteiger charge is 2.30. The fraction of sp³-hybridized carbons (Fsp3) is 0.467. The van der Waals surface area contributed by atoms with Gasteiger partial charge in [-0.05, 0) is 30.9 Å². The molecule has 3 rings (SSSR count). The second-order valence-corrected chi connectivity index (χ2v) is 5.38. The molecule has 3 heterocycles. The normalized spacial score (nSPS) is 17.6. The van der Waals surface area contributed by atoms with Gasteiger partial charge in [-0.3, -0.25) is 4.79 Å². The van der Waals surface area contributed by atoms with Crippen LogP contribution in [0, 0.1) is 5.92 Å². The van der Waals surface area contributed by atoms with Crippen molar-refractivity contribution in [2.24, 2.45) is 13.0 Å². The number of rotatable bonds is 4. The summed E-state index contributed by atoms with van der Waals surface area (Å²) < 4.78 is 7.40. The van der Waals surface area contributed by atoms with Crippen LogP contribution in [0.1, 0.15) is 35.2 Å². The van der Waals surface area contributed by atoms with E-state index in [2.05, 4.69) is 15.3 Å². The minimum absolute atomic E-state index is 0.0929. The molecular formula is C15H20N4O2. The Bertz CT molecular complexity index is 585. The van der Waals surface area contributed by atoms with Gasteiger partial charge in [0, 0.05) is 38.9 Å². The highest BCUT2D eigenvalue weighted by Crippen LogP contribution is 2.29. The predicted octanol–water partition coefficient (Wildman–Crippen LogP) is 1.65. The number of aromatic amines is 1. The van der Waals surface area contributed by atoms with Crippen LogP contribution in [0.15, 0.2) is 30.7 Å². The Morgan fingerprint density at radius 2 is 2.33 bits per heavy atom. The van der Waals surface area contributed by atoms with Gasteiger partial charge in [-0.15, -0.1) is 0 Å². The lowest BCUT2D eigenvalue weighted by molar-refractivity contribution is 0.0498. The number of nitrogens with one attached hydrogen (secondary N) is 2. The monoisotopic (exact) mass is 288 g/mol. The molecule has 1 aliphatic rings. The van der Waals surface area contributed by atoms with Gasteiger partial charge >= 0.3 is 0 Å². The summed E-state index contributed by atoms with van der Waals surface area (Å²) in [6, 6.07) is 3.50. The Labute approximate surface area is 123 Å². The number of carbonyl (C=O) groups excluding carboxylic acids is 1. The van der Waals surface area contributed by atoms with E-state index in [9.17, 15) is 4.79 Å². The highest BCUT2D eigenvalue weighted by atomic mass is 16.5. The summed E-state index contributed by atoms with van der Waals surface area (Å²) in [5, 5.41) is 3.12. The molecule has 0 radical (unpaired) electrons. The summed E-state index contributed by atoms with van der Waals surface area (Å²) in [6.07, 6.45) is 7.29. The summed E-state index contributed by atoms with van der Waals surface area (Å²) in [5.41, 5.74) is 0.571. The van der Waals surface area contributed by atoms with Gasteiger partial charge in [-0.1, -0.05) is 0 Å². The quantitative estimate of drug-likeness (QED) is 0.898. The molecular weight excluding hydrogens is 268 g/mol. The minimum atomic E-state index is -0.0977. The lowest BCUT2D eigenvalue weighted by Crippen LogP contribution is -2.37. The van der Waals surface area contributed by atoms with E-state index in [1.807, 2.05) is 23.9 Å². The van der Waals surface area contributed by atoms with Gasteiger partial charge in [0.05, 0.1) is 6.04 Å². The molecule has 0 aliphatic carbocycles. The minimum Gasteiger partial charge on any atom is -0.381 e. The Hall–Kier alpha value is -2.08. The molecule has 2 aromatic rings. The second kappa shape index (κ2) is 6.13. The van der Waals surface area contributed by atoms with Crippen LogP contribution in [-0.2, 0) is 11.8 Å². The van der Waals surface area contributed by atoms with E-state index in [4.69, 9.17) is 4.74 Å². The van der Waals surface area contributed by atoms with Crippen LogP contribution in [0.5, 0.6) is 0 Å². The van der Waals surface area contributed by atoms with Crippen LogP contribution in [0.4, 0.5) is 0 Å². The molecule has 1 saturated heterocycles. The Morgan fingerprint density at radius 3 is 2.95 bits per heavy atom. The summed E-state index contributed by atoms with van der Waals surface area (Å²) in [5.74, 6) is 1.14. The fourth-order valence-corrected chi connectivity index (χ4v) is 2.81. The third-order valence-corrected chi connectivity index (χ3v) is 4.00. The van der Waals surface area contributed by atoms with Gasteiger partial charge in [0.2, 0.25) is 0 Å². The van der Waals surface area contributed by atoms with Crippen molar-refractivity contribution in [1.82, 2.24) is 19.9 Å². The number of ether oxygens (including phenoxy) is 1. The molecule has 0 spiro atoms. The molecule has 1 amide bonds. The van der Waals surface area contributed by atoms with E-state index in [1.165, 1.54) is 0 Å². The van der Waals surface area contributed by atoms with Crippen LogP contribution in [0.2, 0.25) is 0 Å². The fourth-order valence-electron chi connectivity index (χ4n) is 2.81. The third-order valence-electron chi connectivity index (χ3n) is 4.00. The molecule has 1 unspecified atom stereocenters. The van der Waals surface area contributed by atoms with Crippen molar-refractivity contribution in [1.29, 1.82) is 0 Å². The molecule has 6 nitrogen and oxygen atoms in total. The number of H-pyrrole nitrogens is 1. The molecule has 2 aromatic heterocycles. The van der Waals surface area contributed by atoms with E-state index in [0.717, 1.165) is 31.9 Å². The largest absolute Gasteiger partial charge is 0.381 e. The van der Waals surface area contributed by atoms with Crippen LogP contribution < -0.4 is 5.32 Å². The molecule has 0 bridgehead atoms. The van der Waals surface area contributed by atoms with E-state index in [0.29, 0.717) is 11.6 Å². The Kier molecular flexibility index (Phi) is 4.06. The molecule has 0 aromatic carbocycles. The maximum Gasteiger partial charge on any atom is 0.268 e. The number of aryl methyl sites for hydroxylation is 1. The SMILES string of the molecule is Cn1ccnc1C(NC(=O)c1ccc[nH]1)C1CCOCC1. The average Bonchev–Trinajstić information content (AvgIpc) is 3.17. The highest BCUT2D eigenvalue weighted by molar-refractivity contribution is 5.92. The van der Waals surface area contributed by atoms with Gasteiger partial charge in [-0.25, -0.2) is 4.98 Å². The van der Waals surface area contributed by atoms with E-state index in [1.54, 1.807) is 18.5 Å². The number of aromatic nitrogens is 3. The van der Waals surface area contributed by atoms with Gasteiger partial charge in [0.15, 0.2) is 0 Å². The standard InChI is InChI=1S/C15H20N4O2/c1-19-8-7-17-14(19)13(11-4-9-21-10-5-11)18-15(20)12-3-2-6-16-12/h2-3,6-8,11,13,16H,4-5,9-10H2,1H3,(H,18,20). The van der Waals surface area contributed by atoms with E-state index >= 15 is 0 Å². The predicted molar refractivity (Wildman–Crippen MR) is 77.8 cm³/mol. The molecule has 112 valence electrons. The van der Waals surface area contributed by atoms with Crippen molar-refractivity contribution in [3.63, 3.8) is 0 Å². The first-order valence-electron chi connectivity index (χ1n) is 7.25. The second-order valence-electron chi connectivity index (χ2n) is 5.38. The lowest BCUT2D eigenvalue weighted by Gasteiger charge is -2.30. The van der Waals surface area contributed by atoms with Crippen molar-refractivity contribution in [2.45, 2.75) is 18.9 Å². The zero-order valence-electron chi connectivity index (χ0n) is 12.1. The molecule has 21 heavy (non-hydrogen) atoms. The van der Waals surface area contributed by atoms with E-state index < -0.39 is 0 Å². The lowest BCUT2D eigenvalue weighted by atomic mass is 9.91. The zero-order chi connectivity index (χ0) is 14.7. The summed E-state index contributed by atoms with van der Waals surface area (Å²) in [7, 11) is 1.95. The zero-order valence-corrected chi connectivity index (χ0v) is 12.1. The van der Waals surface area contributed by atoms with Crippen LogP contribution in [0.3, 0.4) is 0 Å². The Morgan fingerprint density at radius 1 is 1.52 bits per heavy atom. The van der Waals surface area contributed by atoms with Crippen LogP contribution in [0.25, 0.3) is 0 Å². The molecule has 6 heteroatoms. The Balaban J connectivity index is 1.82. The van der Waals surface area contributed by atoms with Crippen LogP contribution >= 0.6 is 0 Å². The number of hydrogen-bond donors (Lipinski definition) is 2. The molecule has 1 atom stereocenters. The molecule has 1 fully saturated rings. The van der Waals surface area contributed by atoms with Gasteiger partial charge in [-0.2, -0.15) is 0 Å². The first-order valence-corrected chi connectivity index (χ1v) is 7.25. The number of carbonyl (C=O) groups is 1. The van der Waals surface area contributed by atoms with E-state index in [-0.39, 0.29) is 11.9 Å². The number of nitrogens with zero attached hydrogens (tertiary/aromatic N) is 2. The number of hydrogen-bond acceptors (Lipinski definition) is 3. The van der Waals surface area contributed by atoms with Gasteiger partial charge in [0.1, 0.15) is 11.5 Å². The van der Waals surface area contributed by atoms with Gasteiger partial charge in [0.25, 0.3) is 5.91 Å². The number of imidazole rings is 1. The average molecular weight is 288 g/mol. The van der Waals surface area contributed by atoms with Crippen molar-refractivity contribution < 1.29 is 9.53 Å². The summed E-state index contributed by atoms with van der Waals surface area (Å²) in [4.78, 5) is 19.7. The maximum absolute atomic E-state index is 12.4. The van der Waals surface area contributed by atoms with Crippen molar-refractivity contribution in [2.75, 3.05) is 13.2 Å². The summed E-state index contributed by atoms with van der Waals surface area (Å²) >= 11 is 0. The number of amides is 1. The van der Waals surface area contributed by atoms with Crippen molar-refractivity contribution in [3.8, 4) is 0 Å². The topological polar surface area (TPSA) is 71.9 Å². The van der Waals surface area contributed by atoms with Crippen molar-refractivity contribution in [3.05, 3.63) is 42.2 Å². The van der Waals surface area contributed by atoms with Crippen LogP contribution in [-0.4, -0.2) is 33.7 Å². The summed E-state index contributed by atoms with van der Waals surface area (Å²) in [6.45, 7) is 1.48. The first-order chi connectivity index (χ1) is 10.3. The smallest absolute Gasteiger partial charge is 0.268 e. The molecule has 1 aliphatic heterocycles. The van der Waals surface area contributed by atoms with Gasteiger partial charge < -0.3 is 19.6 Å². The van der Waals surface area contributed by atoms with Crippen molar-refractivity contribution >= 4 is 5.91 Å². The molecule has 2 N–H and O–H groups in total. The molecule has 0 saturated carbocycles. The maximum atomic E-state index is 12.4. The first kappa shape index (κ1) is 13.9. The third kappa shape index (κ3) is 3.00.